The van der Waals surface area contributed by atoms with E-state index in [-0.39, 0.29) is 17.2 Å². The number of carbonyl (C=O) groups excluding carboxylic acids is 1. The minimum atomic E-state index is -0.355. The number of hydrogen-bond donors (Lipinski definition) is 1. The molecule has 23 heavy (non-hydrogen) atoms. The summed E-state index contributed by atoms with van der Waals surface area (Å²) in [5, 5.41) is 8.47. The number of carbonyl (C=O) groups is 1. The zero-order chi connectivity index (χ0) is 15.8. The van der Waals surface area contributed by atoms with E-state index >= 15 is 0 Å². The summed E-state index contributed by atoms with van der Waals surface area (Å²) < 4.78 is 0.983. The number of hydrogen-bond acceptors (Lipinski definition) is 2. The van der Waals surface area contributed by atoms with Gasteiger partial charge in [-0.1, -0.05) is 24.3 Å². The van der Waals surface area contributed by atoms with Crippen LogP contribution in [0.15, 0.2) is 42.5 Å². The second kappa shape index (κ2) is 4.35. The van der Waals surface area contributed by atoms with E-state index in [2.05, 4.69) is 57.1 Å². The number of likely N-dealkylation sites (N-methyl/N-ethyl adjacent to an activating group) is 1. The minimum absolute atomic E-state index is 0.225. The molecule has 1 spiro atoms. The molecule has 1 aliphatic heterocycles. The van der Waals surface area contributed by atoms with Crippen LogP contribution in [-0.2, 0) is 10.2 Å². The maximum absolute atomic E-state index is 12.9. The molecule has 2 aliphatic rings. The summed E-state index contributed by atoms with van der Waals surface area (Å²) in [6.07, 6.45) is 0.893. The molecule has 1 fully saturated rings. The first-order chi connectivity index (χ1) is 11.1. The van der Waals surface area contributed by atoms with Crippen molar-refractivity contribution in [2.75, 3.05) is 11.9 Å². The van der Waals surface area contributed by atoms with Crippen molar-refractivity contribution in [1.29, 1.82) is 0 Å². The summed E-state index contributed by atoms with van der Waals surface area (Å²) in [7, 11) is 1.88. The molecule has 0 unspecified atom stereocenters. The van der Waals surface area contributed by atoms with Gasteiger partial charge >= 0.3 is 0 Å². The number of nitrogens with zero attached hydrogens (tertiary/aromatic N) is 2. The molecule has 4 nitrogen and oxygen atoms in total. The summed E-state index contributed by atoms with van der Waals surface area (Å²) in [4.78, 5) is 14.7. The zero-order valence-corrected chi connectivity index (χ0v) is 14.7. The lowest BCUT2D eigenvalue weighted by Crippen LogP contribution is -2.29. The fourth-order valence-corrected chi connectivity index (χ4v) is 4.68. The molecule has 1 saturated carbocycles. The van der Waals surface area contributed by atoms with E-state index in [4.69, 9.17) is 0 Å². The van der Waals surface area contributed by atoms with Gasteiger partial charge in [0.05, 0.1) is 10.9 Å². The van der Waals surface area contributed by atoms with Gasteiger partial charge in [0, 0.05) is 24.0 Å². The van der Waals surface area contributed by atoms with Crippen molar-refractivity contribution in [1.82, 2.24) is 10.2 Å². The largest absolute Gasteiger partial charge is 0.314 e. The predicted molar refractivity (Wildman–Crippen MR) is 97.7 cm³/mol. The van der Waals surface area contributed by atoms with Crippen LogP contribution in [0, 0.1) is 3.70 Å². The Labute approximate surface area is 147 Å². The number of rotatable bonds is 1. The zero-order valence-electron chi connectivity index (χ0n) is 12.5. The first-order valence-corrected chi connectivity index (χ1v) is 8.72. The fraction of sp³-hybridized carbons (Fsp3) is 0.222. The van der Waals surface area contributed by atoms with Gasteiger partial charge in [-0.25, -0.2) is 0 Å². The number of halogens is 1. The number of para-hydroxylation sites is 1. The number of anilines is 1. The molecule has 2 atom stereocenters. The summed E-state index contributed by atoms with van der Waals surface area (Å²) in [6.45, 7) is 0. The first kappa shape index (κ1) is 13.5. The molecule has 1 amide bonds. The average molecular weight is 415 g/mol. The number of aromatic amines is 1. The molecule has 0 saturated heterocycles. The third kappa shape index (κ3) is 1.60. The van der Waals surface area contributed by atoms with E-state index in [1.807, 2.05) is 30.1 Å². The highest BCUT2D eigenvalue weighted by Gasteiger charge is 2.66. The third-order valence-electron chi connectivity index (χ3n) is 5.34. The van der Waals surface area contributed by atoms with Crippen molar-refractivity contribution < 1.29 is 4.79 Å². The highest BCUT2D eigenvalue weighted by molar-refractivity contribution is 14.1. The lowest BCUT2D eigenvalue weighted by molar-refractivity contribution is -0.120. The van der Waals surface area contributed by atoms with Gasteiger partial charge in [0.2, 0.25) is 5.91 Å². The van der Waals surface area contributed by atoms with Crippen molar-refractivity contribution in [3.63, 3.8) is 0 Å². The van der Waals surface area contributed by atoms with Crippen LogP contribution in [0.3, 0.4) is 0 Å². The standard InChI is InChI=1S/C18H14IN3O/c1-22-15-5-3-2-4-12(15)18(17(22)23)9-13(18)10-6-7-11-14(8-10)20-21-16(11)19/h2-8,13H,9H2,1H3,(H,20,21)/t13-,18-/m0/s1. The third-order valence-corrected chi connectivity index (χ3v) is 6.16. The Bertz CT molecular complexity index is 979. The Morgan fingerprint density at radius 3 is 3.00 bits per heavy atom. The molecule has 1 aliphatic carbocycles. The van der Waals surface area contributed by atoms with Crippen LogP contribution in [0.25, 0.3) is 10.9 Å². The Balaban J connectivity index is 1.63. The molecule has 114 valence electrons. The number of benzene rings is 2. The fourth-order valence-electron chi connectivity index (χ4n) is 4.09. The molecule has 5 heteroatoms. The predicted octanol–water partition coefficient (Wildman–Crippen LogP) is 3.57. The monoisotopic (exact) mass is 415 g/mol. The van der Waals surface area contributed by atoms with Crippen LogP contribution in [0.4, 0.5) is 5.69 Å². The van der Waals surface area contributed by atoms with Gasteiger partial charge in [-0.2, -0.15) is 5.10 Å². The maximum Gasteiger partial charge on any atom is 0.238 e. The van der Waals surface area contributed by atoms with E-state index < -0.39 is 0 Å². The summed E-state index contributed by atoms with van der Waals surface area (Å²) in [5.74, 6) is 0.481. The summed E-state index contributed by atoms with van der Waals surface area (Å²) in [6, 6.07) is 14.6. The molecule has 5 rings (SSSR count). The van der Waals surface area contributed by atoms with Crippen LogP contribution >= 0.6 is 22.6 Å². The SMILES string of the molecule is CN1C(=O)[C@@]2(C[C@H]2c2ccc3c(I)n[nH]c3c2)c2ccccc21. The number of nitrogens with one attached hydrogen (secondary N) is 1. The smallest absolute Gasteiger partial charge is 0.238 e. The highest BCUT2D eigenvalue weighted by Crippen LogP contribution is 2.66. The van der Waals surface area contributed by atoms with Gasteiger partial charge in [-0.15, -0.1) is 0 Å². The number of amides is 1. The Morgan fingerprint density at radius 2 is 2.13 bits per heavy atom. The highest BCUT2D eigenvalue weighted by atomic mass is 127. The average Bonchev–Trinajstić information content (AvgIpc) is 3.19. The Kier molecular flexibility index (Phi) is 2.56. The van der Waals surface area contributed by atoms with Crippen LogP contribution in [-0.4, -0.2) is 23.2 Å². The van der Waals surface area contributed by atoms with E-state index in [0.29, 0.717) is 0 Å². The lowest BCUT2D eigenvalue weighted by atomic mass is 9.92. The maximum atomic E-state index is 12.9. The molecular formula is C18H14IN3O. The molecule has 3 aromatic rings. The van der Waals surface area contributed by atoms with Crippen molar-refractivity contribution in [2.24, 2.45) is 0 Å². The second-order valence-electron chi connectivity index (χ2n) is 6.43. The van der Waals surface area contributed by atoms with Crippen molar-refractivity contribution in [3.8, 4) is 0 Å². The quantitative estimate of drug-likeness (QED) is 0.618. The van der Waals surface area contributed by atoms with Gasteiger partial charge < -0.3 is 4.90 Å². The van der Waals surface area contributed by atoms with Crippen LogP contribution in [0.1, 0.15) is 23.5 Å². The molecule has 0 bridgehead atoms. The molecule has 2 heterocycles. The Hall–Kier alpha value is -1.89. The number of aromatic nitrogens is 2. The molecule has 1 N–H and O–H groups in total. The summed E-state index contributed by atoms with van der Waals surface area (Å²) >= 11 is 2.23. The van der Waals surface area contributed by atoms with E-state index in [1.165, 1.54) is 11.1 Å². The summed E-state index contributed by atoms with van der Waals surface area (Å²) in [5.41, 5.74) is 4.14. The van der Waals surface area contributed by atoms with E-state index in [1.54, 1.807) is 0 Å². The van der Waals surface area contributed by atoms with E-state index in [9.17, 15) is 4.79 Å². The molecular weight excluding hydrogens is 401 g/mol. The molecule has 0 radical (unpaired) electrons. The van der Waals surface area contributed by atoms with Crippen molar-refractivity contribution in [3.05, 3.63) is 57.3 Å². The van der Waals surface area contributed by atoms with Crippen LogP contribution < -0.4 is 4.90 Å². The first-order valence-electron chi connectivity index (χ1n) is 7.64. The minimum Gasteiger partial charge on any atom is -0.314 e. The second-order valence-corrected chi connectivity index (χ2v) is 7.45. The van der Waals surface area contributed by atoms with Gasteiger partial charge in [-0.3, -0.25) is 9.89 Å². The normalized spacial score (nSPS) is 25.4. The lowest BCUT2D eigenvalue weighted by Gasteiger charge is -2.11. The van der Waals surface area contributed by atoms with E-state index in [0.717, 1.165) is 26.7 Å². The Morgan fingerprint density at radius 1 is 1.30 bits per heavy atom. The van der Waals surface area contributed by atoms with Crippen molar-refractivity contribution in [2.45, 2.75) is 17.8 Å². The number of fused-ring (bicyclic) bond motifs is 3. The van der Waals surface area contributed by atoms with Crippen LogP contribution in [0.2, 0.25) is 0 Å². The number of H-pyrrole nitrogens is 1. The van der Waals surface area contributed by atoms with Crippen molar-refractivity contribution >= 4 is 45.1 Å². The molecule has 1 aromatic heterocycles. The van der Waals surface area contributed by atoms with Gasteiger partial charge in [0.25, 0.3) is 0 Å². The van der Waals surface area contributed by atoms with Gasteiger partial charge in [0.1, 0.15) is 3.70 Å². The topological polar surface area (TPSA) is 49.0 Å². The van der Waals surface area contributed by atoms with Crippen LogP contribution in [0.5, 0.6) is 0 Å². The van der Waals surface area contributed by atoms with Gasteiger partial charge in [0.15, 0.2) is 0 Å². The molecule has 2 aromatic carbocycles. The van der Waals surface area contributed by atoms with Gasteiger partial charge in [-0.05, 0) is 58.3 Å².